The van der Waals surface area contributed by atoms with E-state index in [1.54, 1.807) is 13.8 Å². The third kappa shape index (κ3) is 39.7. The normalized spacial score (nSPS) is 11.7. The fourth-order valence-electron chi connectivity index (χ4n) is 5.06. The van der Waals surface area contributed by atoms with Crippen molar-refractivity contribution in [3.63, 3.8) is 0 Å². The smallest absolute Gasteiger partial charge is 0.189 e. The van der Waals surface area contributed by atoms with Crippen molar-refractivity contribution in [1.29, 1.82) is 0 Å². The largest absolute Gasteiger partial charge is 0.432 e. The summed E-state index contributed by atoms with van der Waals surface area (Å²) in [5, 5.41) is 15.1. The summed E-state index contributed by atoms with van der Waals surface area (Å²) in [5.41, 5.74) is 0. The van der Waals surface area contributed by atoms with Gasteiger partial charge in [0.05, 0.1) is 0 Å². The zero-order valence-electron chi connectivity index (χ0n) is 26.4. The van der Waals surface area contributed by atoms with Gasteiger partial charge < -0.3 is 19.8 Å². The summed E-state index contributed by atoms with van der Waals surface area (Å²) in [6.07, 6.45) is 0. The van der Waals surface area contributed by atoms with Crippen LogP contribution in [-0.2, 0) is 21.7 Å². The van der Waals surface area contributed by atoms with Crippen molar-refractivity contribution in [3.8, 4) is 0 Å². The van der Waals surface area contributed by atoms with Crippen molar-refractivity contribution in [2.24, 2.45) is 35.5 Å². The van der Waals surface area contributed by atoms with E-state index in [1.807, 2.05) is 0 Å². The molecule has 0 atom stereocenters. The van der Waals surface area contributed by atoms with Gasteiger partial charge in [-0.3, -0.25) is 0 Å². The van der Waals surface area contributed by atoms with Crippen molar-refractivity contribution in [3.05, 3.63) is 0 Å². The van der Waals surface area contributed by atoms with Crippen molar-refractivity contribution < 1.29 is 41.5 Å². The number of rotatable bonds is 12. The molecule has 0 unspecified atom stereocenters. The van der Waals surface area contributed by atoms with Crippen LogP contribution < -0.4 is 0 Å². The Morgan fingerprint density at radius 3 is 0.543 bits per heavy atom. The van der Waals surface area contributed by atoms with Crippen LogP contribution >= 0.6 is 0 Å². The summed E-state index contributed by atoms with van der Waals surface area (Å²) in [5.74, 6) is 3.86. The molecule has 0 aromatic rings. The molecule has 0 aromatic heterocycles. The predicted molar refractivity (Wildman–Crippen MR) is 159 cm³/mol. The first-order valence-electron chi connectivity index (χ1n) is 14.0. The van der Waals surface area contributed by atoms with Gasteiger partial charge in [-0.25, -0.2) is 0 Å². The minimum Gasteiger partial charge on any atom is -0.432 e. The summed E-state index contributed by atoms with van der Waals surface area (Å²) in [6, 6.07) is 6.44. The van der Waals surface area contributed by atoms with Gasteiger partial charge in [-0.1, -0.05) is 83.1 Å². The maximum atomic E-state index is 10.7. The Hall–Kier alpha value is 0.988. The van der Waals surface area contributed by atoms with E-state index in [0.717, 1.165) is 36.3 Å². The molecule has 0 bridgehead atoms. The molecule has 0 aromatic carbocycles. The second-order valence-electron chi connectivity index (χ2n) is 12.7. The molecule has 35 heavy (non-hydrogen) atoms. The maximum Gasteiger partial charge on any atom is 0.189 e. The quantitative estimate of drug-likeness (QED) is 0.180. The topological polar surface area (TPSA) is 80.9 Å². The zero-order valence-corrected chi connectivity index (χ0v) is 30.0. The van der Waals surface area contributed by atoms with Gasteiger partial charge in [-0.05, 0) is 85.6 Å². The average molecular weight is 573 g/mol. The van der Waals surface area contributed by atoms with Crippen molar-refractivity contribution in [2.45, 2.75) is 133 Å². The molecule has 0 fully saturated rings. The Bertz CT molecular complexity index is 327. The first kappa shape index (κ1) is 45.9. The van der Waals surface area contributed by atoms with Gasteiger partial charge in [-0.2, -0.15) is 0 Å². The summed E-state index contributed by atoms with van der Waals surface area (Å²) >= 11 is 0. The molecule has 0 radical (unpaired) electrons. The third-order valence-corrected chi connectivity index (χ3v) is 14.2. The molecule has 0 aliphatic heterocycles. The Balaban J connectivity index is -0.000000136. The zero-order chi connectivity index (χ0) is 28.1. The van der Waals surface area contributed by atoms with Gasteiger partial charge in [0, 0.05) is 34.9 Å². The van der Waals surface area contributed by atoms with E-state index < -0.39 is 16.6 Å². The van der Waals surface area contributed by atoms with Gasteiger partial charge in [0.1, 0.15) is 0 Å². The number of hydrogen-bond donors (Lipinski definition) is 4. The maximum absolute atomic E-state index is 10.7. The standard InChI is InChI=1S/2C12H28OSi.2C2H6O.Ti/c2*1-10(2)7-14(13,8-11(3)4)9-12(5)6;2*1-2-3;/h2*10-13H,7-9H2,1-6H3;2*3H,2H2,1H3;. The first-order valence-corrected chi connectivity index (χ1v) is 19.1. The molecule has 0 amide bonds. The predicted octanol–water partition coefficient (Wildman–Crippen LogP) is 7.78. The summed E-state index contributed by atoms with van der Waals surface area (Å²) in [6.45, 7) is 30.5. The van der Waals surface area contributed by atoms with Crippen LogP contribution in [-0.4, -0.2) is 49.7 Å². The van der Waals surface area contributed by atoms with Gasteiger partial charge in [0.15, 0.2) is 16.6 Å². The van der Waals surface area contributed by atoms with Crippen LogP contribution in [0.2, 0.25) is 36.3 Å². The van der Waals surface area contributed by atoms with E-state index in [-0.39, 0.29) is 34.9 Å². The Kier molecular flexibility index (Phi) is 34.9. The number of aliphatic hydroxyl groups excluding tert-OH is 2. The molecule has 0 aliphatic rings. The Morgan fingerprint density at radius 2 is 0.486 bits per heavy atom. The van der Waals surface area contributed by atoms with Gasteiger partial charge in [-0.15, -0.1) is 0 Å². The molecule has 0 spiro atoms. The van der Waals surface area contributed by atoms with Crippen LogP contribution in [0, 0.1) is 35.5 Å². The molecular weight excluding hydrogens is 504 g/mol. The van der Waals surface area contributed by atoms with Crippen molar-refractivity contribution >= 4 is 16.6 Å². The summed E-state index contributed by atoms with van der Waals surface area (Å²) in [4.78, 5) is 21.3. The molecule has 0 saturated carbocycles. The van der Waals surface area contributed by atoms with E-state index in [1.165, 1.54) is 0 Å². The molecule has 0 saturated heterocycles. The molecule has 4 nitrogen and oxygen atoms in total. The van der Waals surface area contributed by atoms with Crippen LogP contribution in [0.25, 0.3) is 0 Å². The van der Waals surface area contributed by atoms with Gasteiger partial charge in [0.25, 0.3) is 0 Å². The van der Waals surface area contributed by atoms with Crippen molar-refractivity contribution in [2.75, 3.05) is 13.2 Å². The van der Waals surface area contributed by atoms with E-state index >= 15 is 0 Å². The molecular formula is C28H68O4Si2Ti. The summed E-state index contributed by atoms with van der Waals surface area (Å²) < 4.78 is 0. The fourth-order valence-corrected chi connectivity index (χ4v) is 15.2. The molecule has 4 N–H and O–H groups in total. The molecule has 7 heteroatoms. The van der Waals surface area contributed by atoms with E-state index in [2.05, 4.69) is 83.1 Å². The minimum absolute atomic E-state index is 0. The van der Waals surface area contributed by atoms with Gasteiger partial charge in [0.2, 0.25) is 0 Å². The van der Waals surface area contributed by atoms with Crippen molar-refractivity contribution in [1.82, 2.24) is 0 Å². The summed E-state index contributed by atoms with van der Waals surface area (Å²) in [7, 11) is -3.88. The van der Waals surface area contributed by atoms with Crippen LogP contribution in [0.15, 0.2) is 0 Å². The number of hydrogen-bond acceptors (Lipinski definition) is 4. The molecule has 0 rings (SSSR count). The Labute approximate surface area is 239 Å². The fraction of sp³-hybridized carbons (Fsp3) is 1.00. The SMILES string of the molecule is CC(C)C[Si](O)(CC(C)C)CC(C)C.CC(C)C[Si](O)(CC(C)C)CC(C)C.CCO.CCO.[Ti]. The van der Waals surface area contributed by atoms with Crippen LogP contribution in [0.4, 0.5) is 0 Å². The van der Waals surface area contributed by atoms with Crippen LogP contribution in [0.3, 0.4) is 0 Å². The molecule has 0 heterocycles. The second-order valence-corrected chi connectivity index (χ2v) is 20.0. The van der Waals surface area contributed by atoms with Gasteiger partial charge >= 0.3 is 0 Å². The third-order valence-electron chi connectivity index (χ3n) is 4.73. The Morgan fingerprint density at radius 1 is 0.400 bits per heavy atom. The van der Waals surface area contributed by atoms with Crippen LogP contribution in [0.5, 0.6) is 0 Å². The second kappa shape index (κ2) is 26.6. The van der Waals surface area contributed by atoms with E-state index in [4.69, 9.17) is 10.2 Å². The molecule has 0 aliphatic carbocycles. The van der Waals surface area contributed by atoms with Crippen LogP contribution in [0.1, 0.15) is 96.9 Å². The molecule has 216 valence electrons. The number of aliphatic hydroxyl groups is 2. The first-order chi connectivity index (χ1) is 15.3. The van der Waals surface area contributed by atoms with E-state index in [9.17, 15) is 9.59 Å². The average Bonchev–Trinajstić information content (AvgIpc) is 2.50. The van der Waals surface area contributed by atoms with E-state index in [0.29, 0.717) is 35.5 Å². The minimum atomic E-state index is -1.94. The monoisotopic (exact) mass is 572 g/mol.